The Morgan fingerprint density at radius 1 is 1.27 bits per heavy atom. The van der Waals surface area contributed by atoms with Crippen LogP contribution in [0.1, 0.15) is 17.3 Å². The van der Waals surface area contributed by atoms with Gasteiger partial charge in [0.25, 0.3) is 0 Å². The average Bonchev–Trinajstić information content (AvgIpc) is 2.18. The molecule has 0 saturated carbocycles. The topological polar surface area (TPSA) is 52.6 Å². The second-order valence-corrected chi connectivity index (χ2v) is 2.88. The minimum absolute atomic E-state index is 0.190. The van der Waals surface area contributed by atoms with E-state index in [1.165, 1.54) is 31.2 Å². The van der Waals surface area contributed by atoms with Gasteiger partial charge in [-0.15, -0.1) is 0 Å². The fourth-order valence-electron chi connectivity index (χ4n) is 0.958. The third kappa shape index (κ3) is 3.59. The molecule has 0 radical (unpaired) electrons. The normalized spacial score (nSPS) is 9.47. The Balaban J connectivity index is 2.71. The molecular formula is C10H9ClO4. The Bertz CT molecular complexity index is 358. The van der Waals surface area contributed by atoms with Crippen LogP contribution in [0, 0.1) is 0 Å². The molecule has 0 bridgehead atoms. The molecule has 80 valence electrons. The number of rotatable bonds is 3. The summed E-state index contributed by atoms with van der Waals surface area (Å²) >= 11 is 5.23. The third-order valence-corrected chi connectivity index (χ3v) is 1.65. The second-order valence-electron chi connectivity index (χ2n) is 2.66. The van der Waals surface area contributed by atoms with Gasteiger partial charge in [-0.05, 0) is 24.3 Å². The molecule has 0 spiro atoms. The highest BCUT2D eigenvalue weighted by atomic mass is 35.5. The van der Waals surface area contributed by atoms with E-state index in [0.717, 1.165) is 0 Å². The summed E-state index contributed by atoms with van der Waals surface area (Å²) < 4.78 is 9.36. The highest BCUT2D eigenvalue weighted by molar-refractivity contribution is 6.17. The van der Waals surface area contributed by atoms with Crippen molar-refractivity contribution in [1.82, 2.24) is 0 Å². The van der Waals surface area contributed by atoms with Gasteiger partial charge in [-0.3, -0.25) is 4.79 Å². The van der Waals surface area contributed by atoms with Crippen molar-refractivity contribution in [1.29, 1.82) is 0 Å². The van der Waals surface area contributed by atoms with E-state index in [1.54, 1.807) is 0 Å². The van der Waals surface area contributed by atoms with Crippen LogP contribution in [0.15, 0.2) is 24.3 Å². The van der Waals surface area contributed by atoms with Gasteiger partial charge in [0, 0.05) is 6.92 Å². The van der Waals surface area contributed by atoms with Crippen LogP contribution in [0.5, 0.6) is 5.75 Å². The largest absolute Gasteiger partial charge is 0.446 e. The van der Waals surface area contributed by atoms with Crippen LogP contribution >= 0.6 is 11.6 Å². The van der Waals surface area contributed by atoms with Crippen molar-refractivity contribution in [2.45, 2.75) is 6.92 Å². The first-order valence-electron chi connectivity index (χ1n) is 4.15. The van der Waals surface area contributed by atoms with Crippen LogP contribution in [-0.2, 0) is 9.53 Å². The summed E-state index contributed by atoms with van der Waals surface area (Å²) in [4.78, 5) is 21.8. The van der Waals surface area contributed by atoms with E-state index < -0.39 is 11.9 Å². The molecule has 15 heavy (non-hydrogen) atoms. The molecule has 0 N–H and O–H groups in total. The molecule has 0 aliphatic carbocycles. The Kier molecular flexibility index (Phi) is 4.12. The highest BCUT2D eigenvalue weighted by Crippen LogP contribution is 2.13. The van der Waals surface area contributed by atoms with Crippen molar-refractivity contribution in [3.8, 4) is 5.75 Å². The van der Waals surface area contributed by atoms with Gasteiger partial charge in [0.15, 0.2) is 6.07 Å². The Morgan fingerprint density at radius 2 is 1.87 bits per heavy atom. The quantitative estimate of drug-likeness (QED) is 0.451. The summed E-state index contributed by atoms with van der Waals surface area (Å²) in [6, 6.07) is 5.81. The van der Waals surface area contributed by atoms with Crippen molar-refractivity contribution < 1.29 is 19.1 Å². The van der Waals surface area contributed by atoms with Crippen LogP contribution in [0.25, 0.3) is 0 Å². The number of alkyl halides is 1. The van der Waals surface area contributed by atoms with E-state index in [1.807, 2.05) is 0 Å². The van der Waals surface area contributed by atoms with Crippen molar-refractivity contribution in [3.05, 3.63) is 29.8 Å². The Morgan fingerprint density at radius 3 is 2.33 bits per heavy atom. The van der Waals surface area contributed by atoms with Gasteiger partial charge < -0.3 is 9.47 Å². The zero-order valence-electron chi connectivity index (χ0n) is 8.03. The summed E-state index contributed by atoms with van der Waals surface area (Å²) in [6.07, 6.45) is 0. The molecule has 0 atom stereocenters. The number of esters is 2. The van der Waals surface area contributed by atoms with Gasteiger partial charge in [0.05, 0.1) is 5.56 Å². The molecule has 5 heteroatoms. The summed E-state index contributed by atoms with van der Waals surface area (Å²) in [5, 5.41) is 0. The molecule has 0 aromatic heterocycles. The third-order valence-electron chi connectivity index (χ3n) is 1.54. The first-order valence-corrected chi connectivity index (χ1v) is 4.68. The first-order chi connectivity index (χ1) is 7.13. The Labute approximate surface area is 91.7 Å². The summed E-state index contributed by atoms with van der Waals surface area (Å²) in [6.45, 7) is 1.30. The summed E-state index contributed by atoms with van der Waals surface area (Å²) in [5.41, 5.74) is 0.353. The molecule has 1 rings (SSSR count). The molecule has 0 heterocycles. The van der Waals surface area contributed by atoms with Gasteiger partial charge in [-0.2, -0.15) is 0 Å². The predicted molar refractivity (Wildman–Crippen MR) is 53.9 cm³/mol. The fourth-order valence-corrected chi connectivity index (χ4v) is 1.06. The number of hydrogen-bond donors (Lipinski definition) is 0. The van der Waals surface area contributed by atoms with Crippen LogP contribution in [0.4, 0.5) is 0 Å². The summed E-state index contributed by atoms with van der Waals surface area (Å²) in [7, 11) is 0. The number of carbonyl (C=O) groups is 2. The van der Waals surface area contributed by atoms with E-state index in [0.29, 0.717) is 11.3 Å². The molecule has 0 fully saturated rings. The Hall–Kier alpha value is -1.55. The average molecular weight is 229 g/mol. The lowest BCUT2D eigenvalue weighted by molar-refractivity contribution is -0.131. The molecule has 4 nitrogen and oxygen atoms in total. The van der Waals surface area contributed by atoms with E-state index >= 15 is 0 Å². The zero-order valence-corrected chi connectivity index (χ0v) is 8.78. The van der Waals surface area contributed by atoms with Gasteiger partial charge >= 0.3 is 11.9 Å². The first kappa shape index (κ1) is 11.5. The molecule has 0 aliphatic rings. The molecule has 1 aromatic carbocycles. The maximum atomic E-state index is 11.2. The molecule has 0 amide bonds. The number of carbonyl (C=O) groups excluding carboxylic acids is 2. The van der Waals surface area contributed by atoms with Gasteiger partial charge in [0.1, 0.15) is 5.75 Å². The molecule has 0 unspecified atom stereocenters. The minimum atomic E-state index is -0.514. The molecule has 0 aliphatic heterocycles. The number of benzene rings is 1. The van der Waals surface area contributed by atoms with Crippen LogP contribution < -0.4 is 4.74 Å². The van der Waals surface area contributed by atoms with Gasteiger partial charge in [0.2, 0.25) is 0 Å². The van der Waals surface area contributed by atoms with Crippen molar-refractivity contribution >= 4 is 23.5 Å². The van der Waals surface area contributed by atoms with Crippen LogP contribution in [0.2, 0.25) is 0 Å². The van der Waals surface area contributed by atoms with E-state index in [-0.39, 0.29) is 6.07 Å². The predicted octanol–water partition coefficient (Wildman–Crippen LogP) is 1.97. The van der Waals surface area contributed by atoms with Crippen molar-refractivity contribution in [3.63, 3.8) is 0 Å². The van der Waals surface area contributed by atoms with Gasteiger partial charge in [-0.1, -0.05) is 11.6 Å². The minimum Gasteiger partial charge on any atom is -0.446 e. The monoisotopic (exact) mass is 228 g/mol. The fraction of sp³-hybridized carbons (Fsp3) is 0.200. The maximum Gasteiger partial charge on any atom is 0.339 e. The molecular weight excluding hydrogens is 220 g/mol. The van der Waals surface area contributed by atoms with E-state index in [4.69, 9.17) is 16.3 Å². The lowest BCUT2D eigenvalue weighted by atomic mass is 10.2. The SMILES string of the molecule is CC(=O)Oc1ccc(C(=O)OCCl)cc1. The number of ether oxygens (including phenoxy) is 2. The highest BCUT2D eigenvalue weighted by Gasteiger charge is 2.06. The van der Waals surface area contributed by atoms with Crippen LogP contribution in [0.3, 0.4) is 0 Å². The van der Waals surface area contributed by atoms with Crippen molar-refractivity contribution in [2.75, 3.05) is 6.07 Å². The van der Waals surface area contributed by atoms with E-state index in [2.05, 4.69) is 4.74 Å². The molecule has 1 aromatic rings. The number of halogens is 1. The number of hydrogen-bond acceptors (Lipinski definition) is 4. The second kappa shape index (κ2) is 5.36. The summed E-state index contributed by atoms with van der Waals surface area (Å²) in [5.74, 6) is -0.546. The van der Waals surface area contributed by atoms with Crippen molar-refractivity contribution in [2.24, 2.45) is 0 Å². The smallest absolute Gasteiger partial charge is 0.339 e. The standard InChI is InChI=1S/C10H9ClO4/c1-7(12)15-9-4-2-8(3-5-9)10(13)14-6-11/h2-5H,6H2,1H3. The maximum absolute atomic E-state index is 11.2. The lowest BCUT2D eigenvalue weighted by Gasteiger charge is -2.02. The van der Waals surface area contributed by atoms with Crippen LogP contribution in [-0.4, -0.2) is 18.0 Å². The lowest BCUT2D eigenvalue weighted by Crippen LogP contribution is -2.04. The zero-order chi connectivity index (χ0) is 11.3. The van der Waals surface area contributed by atoms with E-state index in [9.17, 15) is 9.59 Å². The van der Waals surface area contributed by atoms with Gasteiger partial charge in [-0.25, -0.2) is 4.79 Å². The molecule has 0 saturated heterocycles.